The fourth-order valence-corrected chi connectivity index (χ4v) is 2.23. The van der Waals surface area contributed by atoms with Gasteiger partial charge in [-0.25, -0.2) is 9.59 Å². The van der Waals surface area contributed by atoms with Crippen molar-refractivity contribution in [3.63, 3.8) is 0 Å². The van der Waals surface area contributed by atoms with E-state index in [1.807, 2.05) is 0 Å². The van der Waals surface area contributed by atoms with Gasteiger partial charge >= 0.3 is 29.8 Å². The van der Waals surface area contributed by atoms with Crippen molar-refractivity contribution < 1.29 is 52.8 Å². The van der Waals surface area contributed by atoms with Crippen LogP contribution < -0.4 is 0 Å². The molecule has 11 heteroatoms. The summed E-state index contributed by atoms with van der Waals surface area (Å²) in [6.45, 7) is 4.31. The van der Waals surface area contributed by atoms with Gasteiger partial charge in [0.1, 0.15) is 0 Å². The summed E-state index contributed by atoms with van der Waals surface area (Å²) in [5.41, 5.74) is 0. The Balaban J connectivity index is 3.13. The molecular weight excluding hydrogens is 392 g/mol. The third-order valence-electron chi connectivity index (χ3n) is 3.66. The van der Waals surface area contributed by atoms with Crippen LogP contribution in [0.1, 0.15) is 40.0 Å². The summed E-state index contributed by atoms with van der Waals surface area (Å²) < 4.78 is 26.1. The second-order valence-corrected chi connectivity index (χ2v) is 5.81. The summed E-state index contributed by atoms with van der Waals surface area (Å²) in [4.78, 5) is 57.8. The standard InChI is InChI=1S/C18H24O11/c1-4-12(21)26-10-9-25-18(29-15(24)8-7-11(19)20)17(28-14(23)6-3)16(10)27-13(22)5-2/h7-8,10,16-18H,4-6,9H2,1-3H3,(H,19,20)/b8-7+/t10-,16+,17-,18-/m1/s1. The largest absolute Gasteiger partial charge is 0.478 e. The molecular formula is C18H24O11. The second kappa shape index (κ2) is 11.8. The van der Waals surface area contributed by atoms with Gasteiger partial charge in [0.2, 0.25) is 12.4 Å². The molecule has 1 rings (SSSR count). The molecule has 0 aromatic rings. The molecule has 0 spiro atoms. The molecule has 1 aliphatic rings. The predicted molar refractivity (Wildman–Crippen MR) is 93.1 cm³/mol. The van der Waals surface area contributed by atoms with Crippen molar-refractivity contribution in [1.29, 1.82) is 0 Å². The van der Waals surface area contributed by atoms with E-state index < -0.39 is 54.4 Å². The van der Waals surface area contributed by atoms with Crippen LogP contribution in [-0.4, -0.2) is 66.2 Å². The van der Waals surface area contributed by atoms with E-state index in [0.717, 1.165) is 0 Å². The first-order valence-corrected chi connectivity index (χ1v) is 9.03. The first-order valence-electron chi connectivity index (χ1n) is 9.03. The molecule has 1 saturated heterocycles. The Bertz CT molecular complexity index is 654. The summed E-state index contributed by atoms with van der Waals surface area (Å²) in [5, 5.41) is 8.58. The Kier molecular flexibility index (Phi) is 9.80. The van der Waals surface area contributed by atoms with Crippen molar-refractivity contribution >= 4 is 29.8 Å². The molecule has 1 heterocycles. The number of aliphatic carboxylic acids is 1. The normalized spacial score (nSPS) is 23.8. The zero-order chi connectivity index (χ0) is 22.0. The molecule has 1 fully saturated rings. The van der Waals surface area contributed by atoms with Crippen molar-refractivity contribution in [3.05, 3.63) is 12.2 Å². The van der Waals surface area contributed by atoms with E-state index in [9.17, 15) is 24.0 Å². The maximum atomic E-state index is 11.9. The lowest BCUT2D eigenvalue weighted by Crippen LogP contribution is -2.58. The topological polar surface area (TPSA) is 152 Å². The fourth-order valence-electron chi connectivity index (χ4n) is 2.23. The molecule has 11 nitrogen and oxygen atoms in total. The molecule has 0 unspecified atom stereocenters. The molecule has 0 radical (unpaired) electrons. The van der Waals surface area contributed by atoms with Gasteiger partial charge in [-0.3, -0.25) is 14.4 Å². The van der Waals surface area contributed by atoms with Crippen LogP contribution in [0.15, 0.2) is 12.2 Å². The average Bonchev–Trinajstić information content (AvgIpc) is 2.69. The van der Waals surface area contributed by atoms with Crippen LogP contribution in [0.25, 0.3) is 0 Å². The van der Waals surface area contributed by atoms with E-state index in [1.54, 1.807) is 6.92 Å². The van der Waals surface area contributed by atoms with Crippen LogP contribution in [-0.2, 0) is 47.7 Å². The van der Waals surface area contributed by atoms with Crippen LogP contribution in [0.5, 0.6) is 0 Å². The molecule has 0 amide bonds. The van der Waals surface area contributed by atoms with Gasteiger partial charge in [-0.1, -0.05) is 20.8 Å². The van der Waals surface area contributed by atoms with Gasteiger partial charge in [0.15, 0.2) is 12.2 Å². The highest BCUT2D eigenvalue weighted by Crippen LogP contribution is 2.26. The third-order valence-corrected chi connectivity index (χ3v) is 3.66. The number of carboxylic acid groups (broad SMARTS) is 1. The molecule has 0 aliphatic carbocycles. The van der Waals surface area contributed by atoms with Crippen molar-refractivity contribution in [2.45, 2.75) is 64.6 Å². The zero-order valence-corrected chi connectivity index (χ0v) is 16.3. The summed E-state index contributed by atoms with van der Waals surface area (Å²) in [7, 11) is 0. The van der Waals surface area contributed by atoms with E-state index in [4.69, 9.17) is 28.8 Å². The number of carboxylic acids is 1. The number of carbonyl (C=O) groups is 5. The molecule has 0 saturated carbocycles. The first-order chi connectivity index (χ1) is 13.7. The molecule has 4 atom stereocenters. The number of esters is 4. The van der Waals surface area contributed by atoms with Crippen molar-refractivity contribution in [3.8, 4) is 0 Å². The summed E-state index contributed by atoms with van der Waals surface area (Å²) in [5.74, 6) is -4.43. The minimum Gasteiger partial charge on any atom is -0.478 e. The lowest BCUT2D eigenvalue weighted by Gasteiger charge is -2.39. The van der Waals surface area contributed by atoms with Crippen molar-refractivity contribution in [1.82, 2.24) is 0 Å². The highest BCUT2D eigenvalue weighted by molar-refractivity contribution is 5.90. The Hall–Kier alpha value is -2.95. The summed E-state index contributed by atoms with van der Waals surface area (Å²) in [6, 6.07) is 0. The second-order valence-electron chi connectivity index (χ2n) is 5.81. The van der Waals surface area contributed by atoms with Crippen LogP contribution in [0, 0.1) is 0 Å². The summed E-state index contributed by atoms with van der Waals surface area (Å²) >= 11 is 0. The highest BCUT2D eigenvalue weighted by Gasteiger charge is 2.49. The van der Waals surface area contributed by atoms with E-state index in [0.29, 0.717) is 12.2 Å². The highest BCUT2D eigenvalue weighted by atomic mass is 16.7. The molecule has 29 heavy (non-hydrogen) atoms. The maximum absolute atomic E-state index is 11.9. The smallest absolute Gasteiger partial charge is 0.333 e. The van der Waals surface area contributed by atoms with Gasteiger partial charge in [-0.2, -0.15) is 0 Å². The molecule has 162 valence electrons. The van der Waals surface area contributed by atoms with Gasteiger partial charge in [0, 0.05) is 31.4 Å². The van der Waals surface area contributed by atoms with Crippen LogP contribution in [0.2, 0.25) is 0 Å². The zero-order valence-electron chi connectivity index (χ0n) is 16.3. The van der Waals surface area contributed by atoms with Crippen LogP contribution >= 0.6 is 0 Å². The van der Waals surface area contributed by atoms with E-state index in [-0.39, 0.29) is 25.9 Å². The lowest BCUT2D eigenvalue weighted by atomic mass is 10.0. The van der Waals surface area contributed by atoms with E-state index in [1.165, 1.54) is 13.8 Å². The minimum absolute atomic E-state index is 0.00789. The molecule has 0 bridgehead atoms. The third kappa shape index (κ3) is 7.90. The van der Waals surface area contributed by atoms with Gasteiger partial charge in [-0.15, -0.1) is 0 Å². The molecule has 0 aromatic heterocycles. The summed E-state index contributed by atoms with van der Waals surface area (Å²) in [6.07, 6.45) is -4.13. The number of rotatable bonds is 9. The molecule has 1 aliphatic heterocycles. The van der Waals surface area contributed by atoms with Crippen LogP contribution in [0.3, 0.4) is 0 Å². The van der Waals surface area contributed by atoms with Crippen molar-refractivity contribution in [2.75, 3.05) is 6.61 Å². The molecule has 0 aromatic carbocycles. The minimum atomic E-state index is -1.51. The monoisotopic (exact) mass is 416 g/mol. The first kappa shape index (κ1) is 24.1. The SMILES string of the molecule is CCC(=O)O[C@@H]1[C@@H](OC(=O)CC)[C@@H](OC(=O)/C=C/C(=O)O)OC[C@H]1OC(=O)CC. The Morgan fingerprint density at radius 1 is 0.828 bits per heavy atom. The Labute approximate surface area is 166 Å². The van der Waals surface area contributed by atoms with Gasteiger partial charge in [0.05, 0.1) is 6.61 Å². The van der Waals surface area contributed by atoms with E-state index >= 15 is 0 Å². The average molecular weight is 416 g/mol. The Morgan fingerprint density at radius 3 is 1.86 bits per heavy atom. The maximum Gasteiger partial charge on any atom is 0.333 e. The number of hydrogen-bond acceptors (Lipinski definition) is 10. The number of carbonyl (C=O) groups excluding carboxylic acids is 4. The number of hydrogen-bond donors (Lipinski definition) is 1. The van der Waals surface area contributed by atoms with Gasteiger partial charge in [0.25, 0.3) is 0 Å². The van der Waals surface area contributed by atoms with Gasteiger partial charge < -0.3 is 28.8 Å². The lowest BCUT2D eigenvalue weighted by molar-refractivity contribution is -0.273. The molecule has 1 N–H and O–H groups in total. The van der Waals surface area contributed by atoms with Crippen molar-refractivity contribution in [2.24, 2.45) is 0 Å². The van der Waals surface area contributed by atoms with Crippen LogP contribution in [0.4, 0.5) is 0 Å². The quantitative estimate of drug-likeness (QED) is 0.317. The number of ether oxygens (including phenoxy) is 5. The fraction of sp³-hybridized carbons (Fsp3) is 0.611. The van der Waals surface area contributed by atoms with Gasteiger partial charge in [-0.05, 0) is 0 Å². The Morgan fingerprint density at radius 2 is 1.34 bits per heavy atom. The van der Waals surface area contributed by atoms with E-state index in [2.05, 4.69) is 0 Å². The predicted octanol–water partition coefficient (Wildman–Crippen LogP) is 0.492.